The summed E-state index contributed by atoms with van der Waals surface area (Å²) in [6, 6.07) is 10.1. The van der Waals surface area contributed by atoms with E-state index >= 15 is 0 Å². The first kappa shape index (κ1) is 33.7. The maximum Gasteiger partial charge on any atom is 0.335 e. The van der Waals surface area contributed by atoms with E-state index in [1.165, 1.54) is 128 Å². The molecule has 0 heterocycles. The Balaban J connectivity index is 2.35. The minimum atomic E-state index is -0.525. The van der Waals surface area contributed by atoms with E-state index in [9.17, 15) is 4.79 Å². The standard InChI is InChI=1S/C34H60O3/c1-4-6-8-10-12-14-15-17-19-22-28-32(27-21-18-16-13-11-9-7-5-2)30-37-34(35)33(36-3)29-31-25-23-20-24-26-31/h20,23-26,32-33H,4-19,21-22,27-30H2,1-3H3. The predicted octanol–water partition coefficient (Wildman–Crippen LogP) is 10.2. The molecule has 2 atom stereocenters. The summed E-state index contributed by atoms with van der Waals surface area (Å²) >= 11 is 0. The molecule has 0 bridgehead atoms. The Morgan fingerprint density at radius 1 is 0.649 bits per heavy atom. The van der Waals surface area contributed by atoms with Crippen LogP contribution in [-0.4, -0.2) is 25.8 Å². The smallest absolute Gasteiger partial charge is 0.335 e. The molecule has 0 aliphatic rings. The summed E-state index contributed by atoms with van der Waals surface area (Å²) in [6.45, 7) is 5.10. The maximum absolute atomic E-state index is 12.8. The van der Waals surface area contributed by atoms with Crippen molar-refractivity contribution >= 4 is 5.97 Å². The molecule has 1 aromatic carbocycles. The fourth-order valence-electron chi connectivity index (χ4n) is 5.18. The summed E-state index contributed by atoms with van der Waals surface area (Å²) < 4.78 is 11.3. The Kier molecular flexibility index (Phi) is 22.7. The zero-order chi connectivity index (χ0) is 26.8. The van der Waals surface area contributed by atoms with E-state index < -0.39 is 6.10 Å². The van der Waals surface area contributed by atoms with Gasteiger partial charge < -0.3 is 9.47 Å². The Morgan fingerprint density at radius 3 is 1.51 bits per heavy atom. The molecule has 0 fully saturated rings. The lowest BCUT2D eigenvalue weighted by Gasteiger charge is -2.20. The van der Waals surface area contributed by atoms with Gasteiger partial charge in [-0.2, -0.15) is 0 Å². The Labute approximate surface area is 230 Å². The van der Waals surface area contributed by atoms with Gasteiger partial charge in [0.15, 0.2) is 6.10 Å². The van der Waals surface area contributed by atoms with Crippen molar-refractivity contribution in [2.24, 2.45) is 5.92 Å². The highest BCUT2D eigenvalue weighted by atomic mass is 16.6. The molecule has 2 unspecified atom stereocenters. The van der Waals surface area contributed by atoms with Crippen molar-refractivity contribution in [2.75, 3.05) is 13.7 Å². The molecule has 0 saturated carbocycles. The highest BCUT2D eigenvalue weighted by Crippen LogP contribution is 2.21. The zero-order valence-corrected chi connectivity index (χ0v) is 24.8. The second-order valence-electron chi connectivity index (χ2n) is 11.1. The number of esters is 1. The number of rotatable bonds is 26. The number of carbonyl (C=O) groups is 1. The third-order valence-corrected chi connectivity index (χ3v) is 7.70. The van der Waals surface area contributed by atoms with Gasteiger partial charge in [-0.15, -0.1) is 0 Å². The second kappa shape index (κ2) is 25.0. The largest absolute Gasteiger partial charge is 0.463 e. The molecule has 1 aromatic rings. The third kappa shape index (κ3) is 19.4. The summed E-state index contributed by atoms with van der Waals surface area (Å²) in [6.07, 6.45) is 26.8. The summed E-state index contributed by atoms with van der Waals surface area (Å²) in [4.78, 5) is 12.8. The molecule has 0 aromatic heterocycles. The van der Waals surface area contributed by atoms with Crippen LogP contribution >= 0.6 is 0 Å². The van der Waals surface area contributed by atoms with Gasteiger partial charge in [-0.3, -0.25) is 0 Å². The maximum atomic E-state index is 12.8. The van der Waals surface area contributed by atoms with Gasteiger partial charge in [-0.25, -0.2) is 4.79 Å². The van der Waals surface area contributed by atoms with Crippen molar-refractivity contribution < 1.29 is 14.3 Å². The van der Waals surface area contributed by atoms with Crippen molar-refractivity contribution in [1.29, 1.82) is 0 Å². The van der Waals surface area contributed by atoms with Gasteiger partial charge in [0.05, 0.1) is 6.61 Å². The highest BCUT2D eigenvalue weighted by molar-refractivity contribution is 5.75. The quantitative estimate of drug-likeness (QED) is 0.0907. The summed E-state index contributed by atoms with van der Waals surface area (Å²) in [5, 5.41) is 0. The molecule has 37 heavy (non-hydrogen) atoms. The van der Waals surface area contributed by atoms with Gasteiger partial charge in [0.1, 0.15) is 0 Å². The number of unbranched alkanes of at least 4 members (excludes halogenated alkanes) is 16. The van der Waals surface area contributed by atoms with Crippen molar-refractivity contribution in [3.63, 3.8) is 0 Å². The molecule has 0 spiro atoms. The molecule has 3 nitrogen and oxygen atoms in total. The number of methoxy groups -OCH3 is 1. The highest BCUT2D eigenvalue weighted by Gasteiger charge is 2.21. The Morgan fingerprint density at radius 2 is 1.08 bits per heavy atom. The lowest BCUT2D eigenvalue weighted by atomic mass is 9.94. The van der Waals surface area contributed by atoms with E-state index in [2.05, 4.69) is 13.8 Å². The molecule has 0 radical (unpaired) electrons. The van der Waals surface area contributed by atoms with Crippen LogP contribution in [0.3, 0.4) is 0 Å². The van der Waals surface area contributed by atoms with Gasteiger partial charge in [0, 0.05) is 13.5 Å². The van der Waals surface area contributed by atoms with Gasteiger partial charge in [0.25, 0.3) is 0 Å². The zero-order valence-electron chi connectivity index (χ0n) is 24.8. The van der Waals surface area contributed by atoms with Gasteiger partial charge in [0.2, 0.25) is 0 Å². The predicted molar refractivity (Wildman–Crippen MR) is 159 cm³/mol. The third-order valence-electron chi connectivity index (χ3n) is 7.70. The first-order valence-corrected chi connectivity index (χ1v) is 15.9. The van der Waals surface area contributed by atoms with Gasteiger partial charge >= 0.3 is 5.97 Å². The Hall–Kier alpha value is -1.35. The molecule has 0 aliphatic carbocycles. The molecule has 3 heteroatoms. The topological polar surface area (TPSA) is 35.5 Å². The van der Waals surface area contributed by atoms with Gasteiger partial charge in [-0.05, 0) is 24.3 Å². The van der Waals surface area contributed by atoms with Crippen LogP contribution in [0.1, 0.15) is 148 Å². The molecule has 214 valence electrons. The molecular formula is C34H60O3. The number of ether oxygens (including phenoxy) is 2. The molecule has 0 aliphatic heterocycles. The molecule has 0 amide bonds. The number of hydrogen-bond donors (Lipinski definition) is 0. The lowest BCUT2D eigenvalue weighted by Crippen LogP contribution is -2.29. The number of benzene rings is 1. The van der Waals surface area contributed by atoms with Crippen molar-refractivity contribution in [3.8, 4) is 0 Å². The molecule has 1 rings (SSSR count). The van der Waals surface area contributed by atoms with E-state index in [-0.39, 0.29) is 5.97 Å². The van der Waals surface area contributed by atoms with Crippen LogP contribution in [0.15, 0.2) is 30.3 Å². The minimum absolute atomic E-state index is 0.213. The van der Waals surface area contributed by atoms with E-state index in [4.69, 9.17) is 9.47 Å². The molecule has 0 N–H and O–H groups in total. The number of carbonyl (C=O) groups excluding carboxylic acids is 1. The summed E-state index contributed by atoms with van der Waals surface area (Å²) in [5.74, 6) is 0.266. The first-order valence-electron chi connectivity index (χ1n) is 15.9. The molecule has 0 saturated heterocycles. The van der Waals surface area contributed by atoms with Crippen LogP contribution in [0.4, 0.5) is 0 Å². The molecular weight excluding hydrogens is 456 g/mol. The average molecular weight is 517 g/mol. The van der Waals surface area contributed by atoms with E-state index in [1.54, 1.807) is 7.11 Å². The minimum Gasteiger partial charge on any atom is -0.463 e. The van der Waals surface area contributed by atoms with E-state index in [0.717, 1.165) is 5.56 Å². The van der Waals surface area contributed by atoms with Crippen molar-refractivity contribution in [1.82, 2.24) is 0 Å². The Bertz CT molecular complexity index is 615. The fraction of sp³-hybridized carbons (Fsp3) is 0.794. The second-order valence-corrected chi connectivity index (χ2v) is 11.1. The monoisotopic (exact) mass is 516 g/mol. The summed E-state index contributed by atoms with van der Waals surface area (Å²) in [5.41, 5.74) is 1.10. The van der Waals surface area contributed by atoms with E-state index in [1.807, 2.05) is 30.3 Å². The summed E-state index contributed by atoms with van der Waals surface area (Å²) in [7, 11) is 1.61. The van der Waals surface area contributed by atoms with Crippen LogP contribution in [0, 0.1) is 5.92 Å². The van der Waals surface area contributed by atoms with Crippen LogP contribution in [0.25, 0.3) is 0 Å². The first-order chi connectivity index (χ1) is 18.2. The van der Waals surface area contributed by atoms with E-state index in [0.29, 0.717) is 18.9 Å². The van der Waals surface area contributed by atoms with Crippen LogP contribution in [0.5, 0.6) is 0 Å². The van der Waals surface area contributed by atoms with Crippen molar-refractivity contribution in [3.05, 3.63) is 35.9 Å². The normalized spacial score (nSPS) is 12.9. The fourth-order valence-corrected chi connectivity index (χ4v) is 5.18. The SMILES string of the molecule is CCCCCCCCCCCCC(CCCCCCCCCC)COC(=O)C(Cc1ccccc1)OC. The van der Waals surface area contributed by atoms with Gasteiger partial charge in [-0.1, -0.05) is 160 Å². The van der Waals surface area contributed by atoms with Crippen LogP contribution in [-0.2, 0) is 20.7 Å². The van der Waals surface area contributed by atoms with Crippen LogP contribution < -0.4 is 0 Å². The van der Waals surface area contributed by atoms with Crippen LogP contribution in [0.2, 0.25) is 0 Å². The van der Waals surface area contributed by atoms with Crippen molar-refractivity contribution in [2.45, 2.75) is 155 Å². The lowest BCUT2D eigenvalue weighted by molar-refractivity contribution is -0.156. The number of hydrogen-bond acceptors (Lipinski definition) is 3. The average Bonchev–Trinajstić information content (AvgIpc) is 2.92.